The van der Waals surface area contributed by atoms with Crippen LogP contribution in [0.15, 0.2) is 34.8 Å². The van der Waals surface area contributed by atoms with Gasteiger partial charge in [-0.15, -0.1) is 0 Å². The second-order valence-electron chi connectivity index (χ2n) is 5.34. The summed E-state index contributed by atoms with van der Waals surface area (Å²) in [7, 11) is 1.55. The lowest BCUT2D eigenvalue weighted by Crippen LogP contribution is -2.16. The van der Waals surface area contributed by atoms with Gasteiger partial charge in [0.25, 0.3) is 0 Å². The highest BCUT2D eigenvalue weighted by Gasteiger charge is 2.13. The van der Waals surface area contributed by atoms with Crippen molar-refractivity contribution in [2.24, 2.45) is 0 Å². The maximum atomic E-state index is 13.9. The Morgan fingerprint density at radius 2 is 2.08 bits per heavy atom. The summed E-state index contributed by atoms with van der Waals surface area (Å²) in [5.74, 6) is 0.637. The van der Waals surface area contributed by atoms with Crippen molar-refractivity contribution in [3.8, 4) is 11.5 Å². The molecule has 0 saturated carbocycles. The fourth-order valence-electron chi connectivity index (χ4n) is 2.23. The number of hydrogen-bond acceptors (Lipinski definition) is 4. The number of hydrogen-bond donors (Lipinski definition) is 2. The van der Waals surface area contributed by atoms with Crippen LogP contribution in [0.2, 0.25) is 5.02 Å². The van der Waals surface area contributed by atoms with Gasteiger partial charge in [0, 0.05) is 23.2 Å². The normalized spacial score (nSPS) is 10.8. The summed E-state index contributed by atoms with van der Waals surface area (Å²) in [5, 5.41) is 12.4. The molecule has 0 radical (unpaired) electrons. The molecular formula is C18H20BrClFNO3. The van der Waals surface area contributed by atoms with Gasteiger partial charge in [-0.25, -0.2) is 4.39 Å². The summed E-state index contributed by atoms with van der Waals surface area (Å²) in [6, 6.07) is 8.17. The molecule has 2 aromatic rings. The van der Waals surface area contributed by atoms with Crippen LogP contribution in [-0.2, 0) is 13.2 Å². The van der Waals surface area contributed by atoms with Crippen molar-refractivity contribution in [1.29, 1.82) is 0 Å². The number of benzene rings is 2. The highest BCUT2D eigenvalue weighted by Crippen LogP contribution is 2.34. The molecule has 0 spiro atoms. The second-order valence-corrected chi connectivity index (χ2v) is 6.60. The number of aliphatic hydroxyl groups excluding tert-OH is 1. The average molecular weight is 433 g/mol. The molecule has 7 heteroatoms. The van der Waals surface area contributed by atoms with Crippen molar-refractivity contribution in [1.82, 2.24) is 5.32 Å². The molecule has 2 aromatic carbocycles. The first kappa shape index (κ1) is 20.0. The zero-order valence-electron chi connectivity index (χ0n) is 13.8. The highest BCUT2D eigenvalue weighted by atomic mass is 79.9. The molecule has 0 aromatic heterocycles. The summed E-state index contributed by atoms with van der Waals surface area (Å²) in [5.41, 5.74) is 1.29. The van der Waals surface area contributed by atoms with Crippen LogP contribution in [0.5, 0.6) is 11.5 Å². The van der Waals surface area contributed by atoms with Crippen LogP contribution in [-0.4, -0.2) is 25.4 Å². The first-order valence-corrected chi connectivity index (χ1v) is 8.97. The number of aliphatic hydroxyl groups is 1. The molecule has 2 N–H and O–H groups in total. The molecule has 0 aliphatic heterocycles. The van der Waals surface area contributed by atoms with Gasteiger partial charge in [-0.05, 0) is 42.8 Å². The first-order valence-electron chi connectivity index (χ1n) is 7.80. The van der Waals surface area contributed by atoms with Gasteiger partial charge in [-0.1, -0.05) is 33.6 Å². The topological polar surface area (TPSA) is 50.7 Å². The van der Waals surface area contributed by atoms with Crippen LogP contribution in [0.25, 0.3) is 0 Å². The Morgan fingerprint density at radius 3 is 2.76 bits per heavy atom. The quantitative estimate of drug-likeness (QED) is 0.580. The molecule has 0 bridgehead atoms. The molecule has 0 heterocycles. The molecule has 0 amide bonds. The van der Waals surface area contributed by atoms with E-state index in [1.807, 2.05) is 6.07 Å². The van der Waals surface area contributed by atoms with E-state index in [0.717, 1.165) is 16.6 Å². The van der Waals surface area contributed by atoms with Crippen LogP contribution in [0, 0.1) is 5.82 Å². The molecule has 0 atom stereocenters. The van der Waals surface area contributed by atoms with E-state index in [-0.39, 0.29) is 13.2 Å². The summed E-state index contributed by atoms with van der Waals surface area (Å²) >= 11 is 9.53. The number of methoxy groups -OCH3 is 1. The largest absolute Gasteiger partial charge is 0.493 e. The molecule has 0 fully saturated rings. The minimum Gasteiger partial charge on any atom is -0.493 e. The van der Waals surface area contributed by atoms with E-state index in [1.165, 1.54) is 6.07 Å². The van der Waals surface area contributed by atoms with Crippen LogP contribution < -0.4 is 14.8 Å². The van der Waals surface area contributed by atoms with Gasteiger partial charge in [0.2, 0.25) is 0 Å². The Bertz CT molecular complexity index is 695. The van der Waals surface area contributed by atoms with E-state index in [2.05, 4.69) is 21.2 Å². The maximum absolute atomic E-state index is 13.9. The summed E-state index contributed by atoms with van der Waals surface area (Å²) < 4.78 is 25.8. The smallest absolute Gasteiger partial charge is 0.162 e. The SMILES string of the molecule is COc1cc(CNCCCO)c(Br)cc1OCc1c(F)cccc1Cl. The lowest BCUT2D eigenvalue weighted by molar-refractivity contribution is 0.279. The molecule has 4 nitrogen and oxygen atoms in total. The van der Waals surface area contributed by atoms with E-state index in [4.69, 9.17) is 26.2 Å². The van der Waals surface area contributed by atoms with Crippen LogP contribution in [0.1, 0.15) is 17.5 Å². The van der Waals surface area contributed by atoms with Crippen LogP contribution >= 0.6 is 27.5 Å². The third-order valence-electron chi connectivity index (χ3n) is 3.59. The Labute approximate surface area is 160 Å². The number of ether oxygens (including phenoxy) is 2. The van der Waals surface area contributed by atoms with E-state index >= 15 is 0 Å². The standard InChI is InChI=1S/C18H20BrClFNO3/c1-24-17-8-12(10-22-6-3-7-23)14(19)9-18(17)25-11-13-15(20)4-2-5-16(13)21/h2,4-5,8-9,22-23H,3,6-7,10-11H2,1H3. The minimum absolute atomic E-state index is 0.00238. The van der Waals surface area contributed by atoms with Crippen LogP contribution in [0.3, 0.4) is 0 Å². The first-order chi connectivity index (χ1) is 12.1. The third kappa shape index (κ3) is 5.57. The Kier molecular flexibility index (Phi) is 7.96. The Morgan fingerprint density at radius 1 is 1.28 bits per heavy atom. The summed E-state index contributed by atoms with van der Waals surface area (Å²) in [6.45, 7) is 1.50. The average Bonchev–Trinajstić information content (AvgIpc) is 2.59. The van der Waals surface area contributed by atoms with E-state index in [1.54, 1.807) is 25.3 Å². The minimum atomic E-state index is -0.407. The van der Waals surface area contributed by atoms with Crippen molar-refractivity contribution >= 4 is 27.5 Å². The van der Waals surface area contributed by atoms with Gasteiger partial charge in [0.15, 0.2) is 11.5 Å². The molecule has 2 rings (SSSR count). The van der Waals surface area contributed by atoms with Crippen LogP contribution in [0.4, 0.5) is 4.39 Å². The fourth-order valence-corrected chi connectivity index (χ4v) is 2.91. The lowest BCUT2D eigenvalue weighted by Gasteiger charge is -2.15. The summed E-state index contributed by atoms with van der Waals surface area (Å²) in [6.07, 6.45) is 0.694. The predicted octanol–water partition coefficient (Wildman–Crippen LogP) is 4.30. The lowest BCUT2D eigenvalue weighted by atomic mass is 10.2. The number of halogens is 3. The molecule has 0 aliphatic carbocycles. The van der Waals surface area contributed by atoms with Crippen molar-refractivity contribution in [2.75, 3.05) is 20.3 Å². The Hall–Kier alpha value is -1.34. The Balaban J connectivity index is 2.11. The van der Waals surface area contributed by atoms with Crippen molar-refractivity contribution in [3.63, 3.8) is 0 Å². The van der Waals surface area contributed by atoms with E-state index in [9.17, 15) is 4.39 Å². The van der Waals surface area contributed by atoms with Gasteiger partial charge in [-0.3, -0.25) is 0 Å². The second kappa shape index (κ2) is 9.97. The third-order valence-corrected chi connectivity index (χ3v) is 4.69. The van der Waals surface area contributed by atoms with Crippen molar-refractivity contribution < 1.29 is 19.0 Å². The van der Waals surface area contributed by atoms with Crippen molar-refractivity contribution in [3.05, 3.63) is 56.8 Å². The highest BCUT2D eigenvalue weighted by molar-refractivity contribution is 9.10. The van der Waals surface area contributed by atoms with E-state index < -0.39 is 5.82 Å². The monoisotopic (exact) mass is 431 g/mol. The van der Waals surface area contributed by atoms with E-state index in [0.29, 0.717) is 35.1 Å². The van der Waals surface area contributed by atoms with Gasteiger partial charge < -0.3 is 19.9 Å². The van der Waals surface area contributed by atoms with Gasteiger partial charge in [0.1, 0.15) is 12.4 Å². The van der Waals surface area contributed by atoms with Gasteiger partial charge in [-0.2, -0.15) is 0 Å². The molecule has 0 aliphatic rings. The zero-order valence-corrected chi connectivity index (χ0v) is 16.2. The molecule has 0 saturated heterocycles. The van der Waals surface area contributed by atoms with Gasteiger partial charge >= 0.3 is 0 Å². The molecule has 136 valence electrons. The number of rotatable bonds is 9. The molecular weight excluding hydrogens is 413 g/mol. The zero-order chi connectivity index (χ0) is 18.2. The molecule has 25 heavy (non-hydrogen) atoms. The predicted molar refractivity (Wildman–Crippen MR) is 99.8 cm³/mol. The van der Waals surface area contributed by atoms with Gasteiger partial charge in [0.05, 0.1) is 12.1 Å². The summed E-state index contributed by atoms with van der Waals surface area (Å²) in [4.78, 5) is 0. The molecule has 0 unspecified atom stereocenters. The van der Waals surface area contributed by atoms with Crippen molar-refractivity contribution in [2.45, 2.75) is 19.6 Å². The number of nitrogens with one attached hydrogen (secondary N) is 1. The fraction of sp³-hybridized carbons (Fsp3) is 0.333. The maximum Gasteiger partial charge on any atom is 0.162 e.